The Morgan fingerprint density at radius 1 is 1.24 bits per heavy atom. The predicted molar refractivity (Wildman–Crippen MR) is 92.2 cm³/mol. The molecule has 2 fully saturated rings. The standard InChI is InChI=1S/C19H24N2O4/c22-17-11-15(12-21(17)16-6-1-2-7-16)18(23)20-9-8-13-4-3-5-14(10-13)19(24)25/h3-5,10,15-16H,1-2,6-9,11-12H2,(H,20,23)(H,24,25)/t15-/m1/s1. The van der Waals surface area contributed by atoms with Crippen LogP contribution in [0.15, 0.2) is 24.3 Å². The van der Waals surface area contributed by atoms with Crippen LogP contribution in [0.3, 0.4) is 0 Å². The number of carbonyl (C=O) groups is 3. The average molecular weight is 344 g/mol. The van der Waals surface area contributed by atoms with E-state index in [2.05, 4.69) is 5.32 Å². The molecule has 1 atom stereocenters. The van der Waals surface area contributed by atoms with E-state index in [-0.39, 0.29) is 23.3 Å². The van der Waals surface area contributed by atoms with Crippen molar-refractivity contribution in [2.75, 3.05) is 13.1 Å². The van der Waals surface area contributed by atoms with Crippen molar-refractivity contribution in [2.24, 2.45) is 5.92 Å². The van der Waals surface area contributed by atoms with Gasteiger partial charge < -0.3 is 15.3 Å². The third-order valence-corrected chi connectivity index (χ3v) is 5.18. The first kappa shape index (κ1) is 17.5. The van der Waals surface area contributed by atoms with Gasteiger partial charge in [0.15, 0.2) is 0 Å². The van der Waals surface area contributed by atoms with Crippen LogP contribution in [-0.2, 0) is 16.0 Å². The van der Waals surface area contributed by atoms with Crippen molar-refractivity contribution in [1.29, 1.82) is 0 Å². The molecule has 3 rings (SSSR count). The molecule has 0 spiro atoms. The lowest BCUT2D eigenvalue weighted by Crippen LogP contribution is -2.37. The van der Waals surface area contributed by atoms with Crippen molar-refractivity contribution in [2.45, 2.75) is 44.6 Å². The van der Waals surface area contributed by atoms with Crippen molar-refractivity contribution in [3.63, 3.8) is 0 Å². The lowest BCUT2D eigenvalue weighted by molar-refractivity contribution is -0.130. The van der Waals surface area contributed by atoms with Crippen LogP contribution in [0, 0.1) is 5.92 Å². The summed E-state index contributed by atoms with van der Waals surface area (Å²) in [6.45, 7) is 0.972. The Balaban J connectivity index is 1.47. The van der Waals surface area contributed by atoms with Gasteiger partial charge in [0, 0.05) is 25.6 Å². The third-order valence-electron chi connectivity index (χ3n) is 5.18. The molecule has 1 aromatic carbocycles. The first-order valence-electron chi connectivity index (χ1n) is 8.94. The van der Waals surface area contributed by atoms with Crippen LogP contribution >= 0.6 is 0 Å². The third kappa shape index (κ3) is 4.18. The molecular formula is C19H24N2O4. The second kappa shape index (κ2) is 7.68. The summed E-state index contributed by atoms with van der Waals surface area (Å²) < 4.78 is 0. The molecule has 25 heavy (non-hydrogen) atoms. The number of amides is 2. The van der Waals surface area contributed by atoms with Gasteiger partial charge in [-0.15, -0.1) is 0 Å². The lowest BCUT2D eigenvalue weighted by Gasteiger charge is -2.23. The molecule has 1 heterocycles. The fourth-order valence-corrected chi connectivity index (χ4v) is 3.81. The van der Waals surface area contributed by atoms with Crippen molar-refractivity contribution < 1.29 is 19.5 Å². The van der Waals surface area contributed by atoms with Gasteiger partial charge in [0.1, 0.15) is 0 Å². The molecule has 6 heteroatoms. The molecule has 0 radical (unpaired) electrons. The second-order valence-corrected chi connectivity index (χ2v) is 6.93. The van der Waals surface area contributed by atoms with E-state index in [0.717, 1.165) is 18.4 Å². The second-order valence-electron chi connectivity index (χ2n) is 6.93. The Bertz CT molecular complexity index is 667. The first-order valence-corrected chi connectivity index (χ1v) is 8.94. The SMILES string of the molecule is O=C(O)c1cccc(CCNC(=O)[C@@H]2CC(=O)N(C3CCCC3)C2)c1. The molecule has 1 saturated heterocycles. The quantitative estimate of drug-likeness (QED) is 0.824. The van der Waals surface area contributed by atoms with Gasteiger partial charge >= 0.3 is 5.97 Å². The molecule has 1 saturated carbocycles. The van der Waals surface area contributed by atoms with E-state index in [1.54, 1.807) is 18.2 Å². The first-order chi connectivity index (χ1) is 12.0. The molecule has 1 aliphatic carbocycles. The molecule has 2 amide bonds. The summed E-state index contributed by atoms with van der Waals surface area (Å²) in [5.41, 5.74) is 1.12. The maximum Gasteiger partial charge on any atom is 0.335 e. The van der Waals surface area contributed by atoms with Gasteiger partial charge in [-0.1, -0.05) is 25.0 Å². The van der Waals surface area contributed by atoms with E-state index in [9.17, 15) is 14.4 Å². The topological polar surface area (TPSA) is 86.7 Å². The summed E-state index contributed by atoms with van der Waals surface area (Å²) in [6, 6.07) is 7.04. The summed E-state index contributed by atoms with van der Waals surface area (Å²) in [5, 5.41) is 11.9. The molecule has 2 aliphatic rings. The monoisotopic (exact) mass is 344 g/mol. The van der Waals surface area contributed by atoms with Crippen LogP contribution in [0.1, 0.15) is 48.0 Å². The van der Waals surface area contributed by atoms with E-state index >= 15 is 0 Å². The molecule has 1 aliphatic heterocycles. The molecule has 0 aromatic heterocycles. The number of carboxylic acid groups (broad SMARTS) is 1. The van der Waals surface area contributed by atoms with E-state index in [0.29, 0.717) is 32.0 Å². The number of benzene rings is 1. The van der Waals surface area contributed by atoms with Crippen LogP contribution in [0.2, 0.25) is 0 Å². The summed E-state index contributed by atoms with van der Waals surface area (Å²) in [4.78, 5) is 37.4. The average Bonchev–Trinajstić information content (AvgIpc) is 3.24. The maximum atomic E-state index is 12.3. The number of carboxylic acids is 1. The number of carbonyl (C=O) groups excluding carboxylic acids is 2. The van der Waals surface area contributed by atoms with Gasteiger partial charge in [0.2, 0.25) is 11.8 Å². The summed E-state index contributed by atoms with van der Waals surface area (Å²) in [6.07, 6.45) is 5.32. The van der Waals surface area contributed by atoms with Gasteiger partial charge in [-0.2, -0.15) is 0 Å². The van der Waals surface area contributed by atoms with Crippen molar-refractivity contribution in [3.05, 3.63) is 35.4 Å². The Morgan fingerprint density at radius 3 is 2.72 bits per heavy atom. The lowest BCUT2D eigenvalue weighted by atomic mass is 10.1. The summed E-state index contributed by atoms with van der Waals surface area (Å²) in [5.74, 6) is -1.20. The number of nitrogens with one attached hydrogen (secondary N) is 1. The van der Waals surface area contributed by atoms with E-state index in [4.69, 9.17) is 5.11 Å². The molecule has 134 valence electrons. The van der Waals surface area contributed by atoms with Gasteiger partial charge in [-0.05, 0) is 37.0 Å². The fraction of sp³-hybridized carbons (Fsp3) is 0.526. The number of hydrogen-bond acceptors (Lipinski definition) is 3. The van der Waals surface area contributed by atoms with Gasteiger partial charge in [-0.25, -0.2) is 4.79 Å². The normalized spacial score (nSPS) is 20.9. The summed E-state index contributed by atoms with van der Waals surface area (Å²) in [7, 11) is 0. The minimum Gasteiger partial charge on any atom is -0.478 e. The van der Waals surface area contributed by atoms with E-state index in [1.165, 1.54) is 12.8 Å². The highest BCUT2D eigenvalue weighted by Gasteiger charge is 2.38. The van der Waals surface area contributed by atoms with Crippen LogP contribution in [0.4, 0.5) is 0 Å². The molecule has 0 unspecified atom stereocenters. The Kier molecular flexibility index (Phi) is 5.36. The number of hydrogen-bond donors (Lipinski definition) is 2. The van der Waals surface area contributed by atoms with Crippen molar-refractivity contribution in [1.82, 2.24) is 10.2 Å². The zero-order valence-electron chi connectivity index (χ0n) is 14.2. The Hall–Kier alpha value is -2.37. The minimum atomic E-state index is -0.956. The molecule has 0 bridgehead atoms. The van der Waals surface area contributed by atoms with E-state index < -0.39 is 5.97 Å². The Labute approximate surface area is 147 Å². The number of nitrogens with zero attached hydrogens (tertiary/aromatic N) is 1. The van der Waals surface area contributed by atoms with Crippen LogP contribution < -0.4 is 5.32 Å². The van der Waals surface area contributed by atoms with Gasteiger partial charge in [-0.3, -0.25) is 9.59 Å². The molecule has 6 nitrogen and oxygen atoms in total. The maximum absolute atomic E-state index is 12.3. The largest absolute Gasteiger partial charge is 0.478 e. The van der Waals surface area contributed by atoms with E-state index in [1.807, 2.05) is 11.0 Å². The minimum absolute atomic E-state index is 0.0803. The number of likely N-dealkylation sites (tertiary alicyclic amines) is 1. The smallest absolute Gasteiger partial charge is 0.335 e. The van der Waals surface area contributed by atoms with Crippen molar-refractivity contribution >= 4 is 17.8 Å². The highest BCUT2D eigenvalue weighted by molar-refractivity contribution is 5.89. The van der Waals surface area contributed by atoms with Gasteiger partial charge in [0.05, 0.1) is 11.5 Å². The van der Waals surface area contributed by atoms with Crippen LogP contribution in [-0.4, -0.2) is 46.9 Å². The summed E-state index contributed by atoms with van der Waals surface area (Å²) >= 11 is 0. The zero-order chi connectivity index (χ0) is 17.8. The van der Waals surface area contributed by atoms with Crippen molar-refractivity contribution in [3.8, 4) is 0 Å². The van der Waals surface area contributed by atoms with Gasteiger partial charge in [0.25, 0.3) is 0 Å². The molecule has 2 N–H and O–H groups in total. The Morgan fingerprint density at radius 2 is 2.00 bits per heavy atom. The fourth-order valence-electron chi connectivity index (χ4n) is 3.81. The highest BCUT2D eigenvalue weighted by Crippen LogP contribution is 2.29. The van der Waals surface area contributed by atoms with Crippen LogP contribution in [0.5, 0.6) is 0 Å². The van der Waals surface area contributed by atoms with Crippen LogP contribution in [0.25, 0.3) is 0 Å². The number of aromatic carboxylic acids is 1. The predicted octanol–water partition coefficient (Wildman–Crippen LogP) is 1.83. The molecule has 1 aromatic rings. The zero-order valence-corrected chi connectivity index (χ0v) is 14.2. The molecular weight excluding hydrogens is 320 g/mol. The number of rotatable bonds is 6. The highest BCUT2D eigenvalue weighted by atomic mass is 16.4.